The lowest BCUT2D eigenvalue weighted by Crippen LogP contribution is -2.54. The molecule has 0 radical (unpaired) electrons. The second-order valence-electron chi connectivity index (χ2n) is 6.66. The second-order valence-corrected chi connectivity index (χ2v) is 6.66. The van der Waals surface area contributed by atoms with Gasteiger partial charge < -0.3 is 15.1 Å². The van der Waals surface area contributed by atoms with E-state index in [9.17, 15) is 9.59 Å². The first kappa shape index (κ1) is 14.3. The van der Waals surface area contributed by atoms with Crippen molar-refractivity contribution < 1.29 is 9.59 Å². The van der Waals surface area contributed by atoms with E-state index in [2.05, 4.69) is 12.2 Å². The van der Waals surface area contributed by atoms with E-state index in [1.807, 2.05) is 30.6 Å². The van der Waals surface area contributed by atoms with Crippen LogP contribution in [0.5, 0.6) is 0 Å². The van der Waals surface area contributed by atoms with Crippen LogP contribution in [0.15, 0.2) is 0 Å². The van der Waals surface area contributed by atoms with Crippen LogP contribution in [0.25, 0.3) is 0 Å². The molecule has 2 aliphatic heterocycles. The molecule has 2 fully saturated rings. The number of likely N-dealkylation sites (tertiary alicyclic amines) is 1. The van der Waals surface area contributed by atoms with Crippen molar-refractivity contribution in [2.45, 2.75) is 45.7 Å². The molecule has 2 atom stereocenters. The third-order valence-corrected chi connectivity index (χ3v) is 4.07. The minimum Gasteiger partial charge on any atom is -0.337 e. The molecular weight excluding hydrogens is 242 g/mol. The van der Waals surface area contributed by atoms with Gasteiger partial charge in [-0.05, 0) is 27.7 Å². The number of carbonyl (C=O) groups excluding carboxylic acids is 2. The summed E-state index contributed by atoms with van der Waals surface area (Å²) in [4.78, 5) is 28.4. The van der Waals surface area contributed by atoms with Gasteiger partial charge in [0.1, 0.15) is 0 Å². The molecule has 19 heavy (non-hydrogen) atoms. The Bertz CT molecular complexity index is 375. The number of carbonyl (C=O) groups is 2. The molecule has 108 valence electrons. The predicted octanol–water partition coefficient (Wildman–Crippen LogP) is 0.454. The maximum absolute atomic E-state index is 12.5. The zero-order chi connectivity index (χ0) is 14.2. The molecule has 5 nitrogen and oxygen atoms in total. The number of nitrogens with one attached hydrogen (secondary N) is 1. The summed E-state index contributed by atoms with van der Waals surface area (Å²) >= 11 is 0. The van der Waals surface area contributed by atoms with Crippen LogP contribution in [0.2, 0.25) is 0 Å². The maximum atomic E-state index is 12.5. The summed E-state index contributed by atoms with van der Waals surface area (Å²) in [5.41, 5.74) is -0.193. The summed E-state index contributed by atoms with van der Waals surface area (Å²) in [5.74, 6) is 0.0926. The average molecular weight is 267 g/mol. The second kappa shape index (κ2) is 5.12. The Balaban J connectivity index is 2.03. The molecule has 0 aromatic rings. The Morgan fingerprint density at radius 1 is 1.37 bits per heavy atom. The van der Waals surface area contributed by atoms with Crippen LogP contribution < -0.4 is 5.32 Å². The third kappa shape index (κ3) is 2.91. The van der Waals surface area contributed by atoms with E-state index in [1.54, 1.807) is 0 Å². The minimum absolute atomic E-state index is 0.105. The van der Waals surface area contributed by atoms with Gasteiger partial charge in [-0.2, -0.15) is 0 Å². The van der Waals surface area contributed by atoms with Gasteiger partial charge in [0, 0.05) is 44.2 Å². The van der Waals surface area contributed by atoms with Gasteiger partial charge in [-0.3, -0.25) is 9.59 Å². The van der Waals surface area contributed by atoms with E-state index in [0.29, 0.717) is 13.0 Å². The van der Waals surface area contributed by atoms with E-state index in [-0.39, 0.29) is 29.3 Å². The first-order valence-corrected chi connectivity index (χ1v) is 7.12. The largest absolute Gasteiger partial charge is 0.337 e. The molecule has 2 rings (SSSR count). The standard InChI is InChI=1S/C14H25N3O2/c1-10-8-15-5-6-16(10)13(19)11-7-12(18)17(9-11)14(2,3)4/h10-11,15H,5-9H2,1-4H3/t10-,11?/m1/s1. The van der Waals surface area contributed by atoms with Crippen LogP contribution in [0.1, 0.15) is 34.1 Å². The molecule has 2 heterocycles. The van der Waals surface area contributed by atoms with Gasteiger partial charge in [0.15, 0.2) is 0 Å². The van der Waals surface area contributed by atoms with Gasteiger partial charge >= 0.3 is 0 Å². The van der Waals surface area contributed by atoms with E-state index in [4.69, 9.17) is 0 Å². The first-order chi connectivity index (χ1) is 8.80. The van der Waals surface area contributed by atoms with Crippen LogP contribution in [0.4, 0.5) is 0 Å². The van der Waals surface area contributed by atoms with Crippen molar-refractivity contribution in [3.05, 3.63) is 0 Å². The van der Waals surface area contributed by atoms with Crippen molar-refractivity contribution in [2.24, 2.45) is 5.92 Å². The molecule has 0 saturated carbocycles. The van der Waals surface area contributed by atoms with Crippen molar-refractivity contribution in [2.75, 3.05) is 26.2 Å². The van der Waals surface area contributed by atoms with E-state index >= 15 is 0 Å². The topological polar surface area (TPSA) is 52.7 Å². The molecule has 0 aromatic heterocycles. The van der Waals surface area contributed by atoms with Crippen LogP contribution in [0.3, 0.4) is 0 Å². The van der Waals surface area contributed by atoms with Gasteiger partial charge in [-0.25, -0.2) is 0 Å². The van der Waals surface area contributed by atoms with E-state index in [0.717, 1.165) is 19.6 Å². The molecule has 0 spiro atoms. The number of nitrogens with zero attached hydrogens (tertiary/aromatic N) is 2. The normalized spacial score (nSPS) is 28.9. The summed E-state index contributed by atoms with van der Waals surface area (Å²) in [5, 5.41) is 3.28. The summed E-state index contributed by atoms with van der Waals surface area (Å²) in [6.45, 7) is 11.1. The number of piperazine rings is 1. The van der Waals surface area contributed by atoms with Crippen molar-refractivity contribution in [1.29, 1.82) is 0 Å². The van der Waals surface area contributed by atoms with Crippen molar-refractivity contribution in [3.63, 3.8) is 0 Å². The molecule has 2 aliphatic rings. The fraction of sp³-hybridized carbons (Fsp3) is 0.857. The van der Waals surface area contributed by atoms with Gasteiger partial charge in [0.05, 0.1) is 5.92 Å². The molecular formula is C14H25N3O2. The zero-order valence-corrected chi connectivity index (χ0v) is 12.4. The smallest absolute Gasteiger partial charge is 0.228 e. The lowest BCUT2D eigenvalue weighted by atomic mass is 10.0. The van der Waals surface area contributed by atoms with Crippen LogP contribution in [0, 0.1) is 5.92 Å². The Morgan fingerprint density at radius 2 is 2.05 bits per heavy atom. The summed E-state index contributed by atoms with van der Waals surface area (Å²) < 4.78 is 0. The lowest BCUT2D eigenvalue weighted by Gasteiger charge is -2.36. The molecule has 0 aliphatic carbocycles. The fourth-order valence-corrected chi connectivity index (χ4v) is 2.92. The number of hydrogen-bond donors (Lipinski definition) is 1. The van der Waals surface area contributed by atoms with Gasteiger partial charge in [0.2, 0.25) is 11.8 Å². The summed E-state index contributed by atoms with van der Waals surface area (Å²) in [7, 11) is 0. The van der Waals surface area contributed by atoms with E-state index in [1.165, 1.54) is 0 Å². The van der Waals surface area contributed by atoms with Crippen LogP contribution >= 0.6 is 0 Å². The molecule has 2 amide bonds. The highest BCUT2D eigenvalue weighted by Crippen LogP contribution is 2.27. The molecule has 0 bridgehead atoms. The van der Waals surface area contributed by atoms with Gasteiger partial charge in [-0.15, -0.1) is 0 Å². The summed E-state index contributed by atoms with van der Waals surface area (Å²) in [6, 6.07) is 0.222. The minimum atomic E-state index is -0.193. The molecule has 5 heteroatoms. The van der Waals surface area contributed by atoms with Crippen molar-refractivity contribution >= 4 is 11.8 Å². The highest BCUT2D eigenvalue weighted by atomic mass is 16.2. The number of amides is 2. The van der Waals surface area contributed by atoms with Gasteiger partial charge in [-0.1, -0.05) is 0 Å². The zero-order valence-electron chi connectivity index (χ0n) is 12.4. The van der Waals surface area contributed by atoms with Crippen LogP contribution in [-0.2, 0) is 9.59 Å². The molecule has 1 N–H and O–H groups in total. The molecule has 1 unspecified atom stereocenters. The predicted molar refractivity (Wildman–Crippen MR) is 73.6 cm³/mol. The van der Waals surface area contributed by atoms with Crippen LogP contribution in [-0.4, -0.2) is 59.4 Å². The summed E-state index contributed by atoms with van der Waals surface area (Å²) in [6.07, 6.45) is 0.368. The Hall–Kier alpha value is -1.10. The lowest BCUT2D eigenvalue weighted by molar-refractivity contribution is -0.138. The average Bonchev–Trinajstić information content (AvgIpc) is 2.71. The van der Waals surface area contributed by atoms with Gasteiger partial charge in [0.25, 0.3) is 0 Å². The van der Waals surface area contributed by atoms with Crippen molar-refractivity contribution in [3.8, 4) is 0 Å². The highest BCUT2D eigenvalue weighted by Gasteiger charge is 2.41. The Labute approximate surface area is 115 Å². The van der Waals surface area contributed by atoms with E-state index < -0.39 is 0 Å². The number of hydrogen-bond acceptors (Lipinski definition) is 3. The quantitative estimate of drug-likeness (QED) is 0.750. The highest BCUT2D eigenvalue weighted by molar-refractivity contribution is 5.89. The monoisotopic (exact) mass is 267 g/mol. The molecule has 2 saturated heterocycles. The first-order valence-electron chi connectivity index (χ1n) is 7.12. The maximum Gasteiger partial charge on any atom is 0.228 e. The van der Waals surface area contributed by atoms with Crippen molar-refractivity contribution in [1.82, 2.24) is 15.1 Å². The Morgan fingerprint density at radius 3 is 2.58 bits per heavy atom. The fourth-order valence-electron chi connectivity index (χ4n) is 2.92. The number of rotatable bonds is 1. The Kier molecular flexibility index (Phi) is 3.85. The third-order valence-electron chi connectivity index (χ3n) is 4.07. The SMILES string of the molecule is C[C@@H]1CNCCN1C(=O)C1CC(=O)N(C(C)(C)C)C1. The molecule has 0 aromatic carbocycles.